The van der Waals surface area contributed by atoms with Gasteiger partial charge in [0, 0.05) is 12.7 Å². The van der Waals surface area contributed by atoms with Gasteiger partial charge in [0.2, 0.25) is 0 Å². The molecule has 3 aromatic carbocycles. The van der Waals surface area contributed by atoms with Crippen molar-refractivity contribution in [1.29, 1.82) is 0 Å². The Balaban J connectivity index is 0.000000638. The maximum atomic E-state index is 10.1. The molecule has 3 aromatic rings. The van der Waals surface area contributed by atoms with Gasteiger partial charge in [0.1, 0.15) is 12.4 Å². The van der Waals surface area contributed by atoms with Gasteiger partial charge in [-0.1, -0.05) is 50.3 Å². The number of nitrogen functional groups attached to an aromatic ring is 1. The van der Waals surface area contributed by atoms with E-state index in [1.807, 2.05) is 30.3 Å². The van der Waals surface area contributed by atoms with Crippen LogP contribution in [0.5, 0.6) is 17.2 Å². The minimum absolute atomic E-state index is 0.510. The summed E-state index contributed by atoms with van der Waals surface area (Å²) in [5.41, 5.74) is 12.1. The van der Waals surface area contributed by atoms with E-state index in [0.717, 1.165) is 63.0 Å². The second kappa shape index (κ2) is 15.2. The van der Waals surface area contributed by atoms with E-state index in [9.17, 15) is 4.79 Å². The normalized spacial score (nSPS) is 10.4. The van der Waals surface area contributed by atoms with Crippen molar-refractivity contribution in [2.24, 2.45) is 5.84 Å². The van der Waals surface area contributed by atoms with Crippen LogP contribution in [0.2, 0.25) is 0 Å². The lowest BCUT2D eigenvalue weighted by Crippen LogP contribution is -2.32. The number of ether oxygens (including phenoxy) is 4. The highest BCUT2D eigenvalue weighted by atomic mass is 16.5. The molecule has 4 N–H and O–H groups in total. The van der Waals surface area contributed by atoms with E-state index in [1.165, 1.54) is 19.7 Å². The first-order valence-electron chi connectivity index (χ1n) is 12.4. The highest BCUT2D eigenvalue weighted by Gasteiger charge is 2.10. The Morgan fingerprint density at radius 3 is 2.00 bits per heavy atom. The van der Waals surface area contributed by atoms with Gasteiger partial charge in [0.15, 0.2) is 11.5 Å². The third kappa shape index (κ3) is 8.74. The summed E-state index contributed by atoms with van der Waals surface area (Å²) in [5, 5.41) is 0.861. The van der Waals surface area contributed by atoms with Crippen LogP contribution in [-0.2, 0) is 24.2 Å². The number of benzene rings is 3. The van der Waals surface area contributed by atoms with E-state index in [-0.39, 0.29) is 0 Å². The van der Waals surface area contributed by atoms with E-state index >= 15 is 0 Å². The molecular weight excluding hydrogens is 482 g/mol. The van der Waals surface area contributed by atoms with Crippen LogP contribution in [0.15, 0.2) is 54.6 Å². The van der Waals surface area contributed by atoms with Crippen LogP contribution in [0, 0.1) is 0 Å². The molecule has 204 valence electrons. The molecule has 0 atom stereocenters. The topological polar surface area (TPSA) is 109 Å². The number of hydrogen-bond donors (Lipinski definition) is 2. The molecule has 0 aromatic heterocycles. The molecule has 0 aliphatic heterocycles. The zero-order valence-electron chi connectivity index (χ0n) is 23.1. The largest absolute Gasteiger partial charge is 0.493 e. The quantitative estimate of drug-likeness (QED) is 0.122. The molecule has 0 fully saturated rings. The zero-order valence-corrected chi connectivity index (χ0v) is 23.1. The number of carbonyl (C=O) groups excluding carboxylic acids is 1. The smallest absolute Gasteiger partial charge is 0.423 e. The summed E-state index contributed by atoms with van der Waals surface area (Å²) < 4.78 is 21.3. The fourth-order valence-electron chi connectivity index (χ4n) is 3.64. The summed E-state index contributed by atoms with van der Waals surface area (Å²) >= 11 is 0. The number of hydrogen-bond acceptors (Lipinski definition) is 7. The first-order valence-corrected chi connectivity index (χ1v) is 12.4. The van der Waals surface area contributed by atoms with Crippen LogP contribution < -0.4 is 25.8 Å². The minimum atomic E-state index is -0.542. The SMILES string of the molecule is CCc1ccc(/C=C\c2cc(CC)c(OC)c(OC)c2)cc1OCc1ccc(N)cc1.COC(=O)N(C)N. The second-order valence-corrected chi connectivity index (χ2v) is 8.43. The lowest BCUT2D eigenvalue weighted by molar-refractivity contribution is 0.134. The molecule has 0 saturated carbocycles. The van der Waals surface area contributed by atoms with Gasteiger partial charge in [-0.05, 0) is 71.0 Å². The van der Waals surface area contributed by atoms with Crippen molar-refractivity contribution in [3.05, 3.63) is 82.4 Å². The lowest BCUT2D eigenvalue weighted by atomic mass is 10.0. The highest BCUT2D eigenvalue weighted by molar-refractivity contribution is 5.72. The molecule has 0 heterocycles. The first kappa shape index (κ1) is 30.1. The summed E-state index contributed by atoms with van der Waals surface area (Å²) in [4.78, 5) is 10.1. The fraction of sp³-hybridized carbons (Fsp3) is 0.300. The number of methoxy groups -OCH3 is 3. The Bertz CT molecular complexity index is 1180. The highest BCUT2D eigenvalue weighted by Crippen LogP contribution is 2.33. The molecule has 0 saturated heterocycles. The number of anilines is 1. The molecular formula is C30H39N3O5. The Morgan fingerprint density at radius 2 is 1.47 bits per heavy atom. The molecule has 0 aliphatic rings. The number of rotatable bonds is 9. The predicted molar refractivity (Wildman–Crippen MR) is 153 cm³/mol. The summed E-state index contributed by atoms with van der Waals surface area (Å²) in [5.74, 6) is 7.36. The molecule has 0 radical (unpaired) electrons. The van der Waals surface area contributed by atoms with Crippen LogP contribution in [0.4, 0.5) is 10.5 Å². The third-order valence-electron chi connectivity index (χ3n) is 5.74. The Morgan fingerprint density at radius 1 is 0.842 bits per heavy atom. The maximum Gasteiger partial charge on any atom is 0.423 e. The third-order valence-corrected chi connectivity index (χ3v) is 5.74. The van der Waals surface area contributed by atoms with Crippen LogP contribution in [0.1, 0.15) is 41.7 Å². The number of carbonyl (C=O) groups is 1. The van der Waals surface area contributed by atoms with Crippen molar-refractivity contribution < 1.29 is 23.7 Å². The van der Waals surface area contributed by atoms with Crippen molar-refractivity contribution in [3.8, 4) is 17.2 Å². The predicted octanol–water partition coefficient (Wildman–Crippen LogP) is 5.72. The van der Waals surface area contributed by atoms with Crippen LogP contribution in [-0.4, -0.2) is 39.5 Å². The summed E-state index contributed by atoms with van der Waals surface area (Å²) in [6.07, 6.45) is 5.42. The van der Waals surface area contributed by atoms with Gasteiger partial charge in [-0.3, -0.25) is 0 Å². The monoisotopic (exact) mass is 521 g/mol. The first-order chi connectivity index (χ1) is 18.3. The summed E-state index contributed by atoms with van der Waals surface area (Å²) in [6.45, 7) is 4.76. The molecule has 8 heteroatoms. The number of aryl methyl sites for hydroxylation is 2. The fourth-order valence-corrected chi connectivity index (χ4v) is 3.64. The number of amides is 1. The van der Waals surface area contributed by atoms with Crippen LogP contribution in [0.25, 0.3) is 12.2 Å². The summed E-state index contributed by atoms with van der Waals surface area (Å²) in [7, 11) is 6.02. The molecule has 1 amide bonds. The Labute approximate surface area is 225 Å². The number of nitrogens with two attached hydrogens (primary N) is 2. The molecule has 0 aliphatic carbocycles. The maximum absolute atomic E-state index is 10.1. The van der Waals surface area contributed by atoms with Crippen molar-refractivity contribution in [2.45, 2.75) is 33.3 Å². The number of nitrogens with zero attached hydrogens (tertiary/aromatic N) is 1. The average Bonchev–Trinajstić information content (AvgIpc) is 2.94. The molecule has 8 nitrogen and oxygen atoms in total. The molecule has 3 rings (SSSR count). The van der Waals surface area contributed by atoms with Gasteiger partial charge in [-0.2, -0.15) is 0 Å². The Kier molecular flexibility index (Phi) is 12.0. The van der Waals surface area contributed by atoms with Gasteiger partial charge in [-0.15, -0.1) is 0 Å². The van der Waals surface area contributed by atoms with Gasteiger partial charge in [-0.25, -0.2) is 15.6 Å². The molecule has 38 heavy (non-hydrogen) atoms. The van der Waals surface area contributed by atoms with Crippen LogP contribution >= 0.6 is 0 Å². The Hall–Kier alpha value is -4.17. The van der Waals surface area contributed by atoms with Crippen molar-refractivity contribution in [2.75, 3.05) is 34.1 Å². The van der Waals surface area contributed by atoms with Crippen LogP contribution in [0.3, 0.4) is 0 Å². The van der Waals surface area contributed by atoms with E-state index < -0.39 is 6.09 Å². The van der Waals surface area contributed by atoms with Gasteiger partial charge in [0.25, 0.3) is 0 Å². The van der Waals surface area contributed by atoms with Gasteiger partial charge < -0.3 is 24.7 Å². The summed E-state index contributed by atoms with van der Waals surface area (Å²) in [6, 6.07) is 18.2. The van der Waals surface area contributed by atoms with Gasteiger partial charge >= 0.3 is 6.09 Å². The van der Waals surface area contributed by atoms with Gasteiger partial charge in [0.05, 0.1) is 21.3 Å². The van der Waals surface area contributed by atoms with Crippen molar-refractivity contribution >= 4 is 23.9 Å². The molecule has 0 spiro atoms. The van der Waals surface area contributed by atoms with Crippen molar-refractivity contribution in [1.82, 2.24) is 5.01 Å². The lowest BCUT2D eigenvalue weighted by Gasteiger charge is -2.13. The van der Waals surface area contributed by atoms with E-state index in [4.69, 9.17) is 25.8 Å². The standard InChI is InChI=1S/C27H31NO3.C3H8N2O2/c1-5-22-12-9-19(16-25(22)31-18-20-10-13-24(28)14-11-20)7-8-21-15-23(6-2)27(30-4)26(17-21)29-3;1-5(4)3(6)7-2/h7-17H,5-6,18,28H2,1-4H3;4H2,1-2H3/b8-7-;. The molecule has 0 unspecified atom stereocenters. The minimum Gasteiger partial charge on any atom is -0.493 e. The molecule has 0 bridgehead atoms. The average molecular weight is 522 g/mol. The van der Waals surface area contributed by atoms with E-state index in [0.29, 0.717) is 6.61 Å². The zero-order chi connectivity index (χ0) is 28.1. The van der Waals surface area contributed by atoms with Crippen molar-refractivity contribution in [3.63, 3.8) is 0 Å². The van der Waals surface area contributed by atoms with E-state index in [1.54, 1.807) is 14.2 Å². The van der Waals surface area contributed by atoms with E-state index in [2.05, 4.69) is 55.0 Å². The second-order valence-electron chi connectivity index (χ2n) is 8.43. The number of hydrazine groups is 1.